The van der Waals surface area contributed by atoms with E-state index in [-0.39, 0.29) is 5.91 Å². The Hall–Kier alpha value is -2.66. The number of allylic oxidation sites excluding steroid dienone is 3. The lowest BCUT2D eigenvalue weighted by Gasteiger charge is -2.31. The first-order valence-electron chi connectivity index (χ1n) is 11.6. The van der Waals surface area contributed by atoms with Gasteiger partial charge in [0.1, 0.15) is 4.88 Å². The summed E-state index contributed by atoms with van der Waals surface area (Å²) in [6, 6.07) is 10.6. The number of aromatic nitrogens is 1. The Morgan fingerprint density at radius 3 is 2.50 bits per heavy atom. The second-order valence-corrected chi connectivity index (χ2v) is 8.85. The highest BCUT2D eigenvalue weighted by atomic mass is 32.1. The summed E-state index contributed by atoms with van der Waals surface area (Å²) < 4.78 is 0. The molecule has 1 saturated heterocycles. The first kappa shape index (κ1) is 25.6. The minimum absolute atomic E-state index is 0.0925. The number of rotatable bonds is 8. The van der Waals surface area contributed by atoms with Crippen LogP contribution in [0.5, 0.6) is 0 Å². The fraction of sp³-hybridized carbons (Fsp3) is 0.407. The Labute approximate surface area is 197 Å². The monoisotopic (exact) mass is 451 g/mol. The number of piperidine rings is 1. The quantitative estimate of drug-likeness (QED) is 0.437. The van der Waals surface area contributed by atoms with Crippen LogP contribution in [0.25, 0.3) is 0 Å². The number of unbranched alkanes of at least 4 members (excludes halogenated alkanes) is 1. The first-order chi connectivity index (χ1) is 15.6. The number of likely N-dealkylation sites (tertiary alicyclic amines) is 1. The summed E-state index contributed by atoms with van der Waals surface area (Å²) in [7, 11) is 0. The highest BCUT2D eigenvalue weighted by Gasteiger charge is 2.25. The van der Waals surface area contributed by atoms with Gasteiger partial charge in [-0.15, -0.1) is 0 Å². The van der Waals surface area contributed by atoms with E-state index in [2.05, 4.69) is 55.0 Å². The summed E-state index contributed by atoms with van der Waals surface area (Å²) in [5.41, 5.74) is 2.52. The average Bonchev–Trinajstić information content (AvgIpc) is 3.33. The van der Waals surface area contributed by atoms with Gasteiger partial charge in [0.2, 0.25) is 0 Å². The summed E-state index contributed by atoms with van der Waals surface area (Å²) in [6.45, 7) is 12.3. The molecule has 0 bridgehead atoms. The largest absolute Gasteiger partial charge is 0.357 e. The van der Waals surface area contributed by atoms with Gasteiger partial charge < -0.3 is 10.2 Å². The second kappa shape index (κ2) is 14.4. The molecule has 4 nitrogen and oxygen atoms in total. The molecule has 1 aromatic heterocycles. The zero-order chi connectivity index (χ0) is 23.2. The van der Waals surface area contributed by atoms with Crippen LogP contribution in [0.4, 0.5) is 5.13 Å². The molecule has 0 aliphatic carbocycles. The number of carbonyl (C=O) groups excluding carboxylic acids is 1. The van der Waals surface area contributed by atoms with Crippen LogP contribution in [0.15, 0.2) is 73.0 Å². The third kappa shape index (κ3) is 8.12. The Kier molecular flexibility index (Phi) is 11.5. The number of nitrogens with one attached hydrogen (secondary N) is 1. The molecule has 1 aliphatic rings. The molecule has 172 valence electrons. The van der Waals surface area contributed by atoms with Crippen LogP contribution in [0.1, 0.15) is 67.6 Å². The van der Waals surface area contributed by atoms with Crippen molar-refractivity contribution in [1.29, 1.82) is 0 Å². The second-order valence-electron chi connectivity index (χ2n) is 7.82. The molecule has 1 amide bonds. The van der Waals surface area contributed by atoms with E-state index >= 15 is 0 Å². The van der Waals surface area contributed by atoms with Crippen molar-refractivity contribution in [3.05, 3.63) is 83.4 Å². The molecule has 0 unspecified atom stereocenters. The summed E-state index contributed by atoms with van der Waals surface area (Å²) in [5, 5.41) is 4.07. The molecule has 1 aromatic carbocycles. The zero-order valence-electron chi connectivity index (χ0n) is 19.7. The van der Waals surface area contributed by atoms with Gasteiger partial charge in [-0.1, -0.05) is 99.2 Å². The van der Waals surface area contributed by atoms with Crippen molar-refractivity contribution in [2.45, 2.75) is 52.4 Å². The van der Waals surface area contributed by atoms with Gasteiger partial charge in [0.05, 0.1) is 6.20 Å². The van der Waals surface area contributed by atoms with Crippen molar-refractivity contribution >= 4 is 22.4 Å². The number of hydrogen-bond donors (Lipinski definition) is 1. The first-order valence-corrected chi connectivity index (χ1v) is 12.4. The molecule has 1 aliphatic heterocycles. The molecule has 0 atom stereocenters. The highest BCUT2D eigenvalue weighted by Crippen LogP contribution is 2.29. The van der Waals surface area contributed by atoms with Crippen molar-refractivity contribution in [3.8, 4) is 0 Å². The maximum absolute atomic E-state index is 12.8. The van der Waals surface area contributed by atoms with E-state index in [0.29, 0.717) is 17.3 Å². The van der Waals surface area contributed by atoms with Crippen molar-refractivity contribution in [2.75, 3.05) is 25.0 Å². The van der Waals surface area contributed by atoms with Crippen LogP contribution in [0, 0.1) is 0 Å². The summed E-state index contributed by atoms with van der Waals surface area (Å²) in [5.74, 6) is 0.640. The van der Waals surface area contributed by atoms with Crippen LogP contribution in [-0.4, -0.2) is 35.4 Å². The van der Waals surface area contributed by atoms with Gasteiger partial charge in [-0.05, 0) is 36.8 Å². The van der Waals surface area contributed by atoms with Gasteiger partial charge in [-0.2, -0.15) is 0 Å². The maximum atomic E-state index is 12.8. The predicted octanol–water partition coefficient (Wildman–Crippen LogP) is 7.07. The van der Waals surface area contributed by atoms with E-state index in [9.17, 15) is 4.79 Å². The van der Waals surface area contributed by atoms with Crippen LogP contribution in [0.2, 0.25) is 0 Å². The molecule has 3 rings (SSSR count). The molecule has 2 heterocycles. The number of thiazole rings is 1. The van der Waals surface area contributed by atoms with E-state index in [1.165, 1.54) is 29.7 Å². The predicted molar refractivity (Wildman–Crippen MR) is 139 cm³/mol. The smallest absolute Gasteiger partial charge is 0.265 e. The molecule has 1 fully saturated rings. The summed E-state index contributed by atoms with van der Waals surface area (Å²) in [6.07, 6.45) is 14.1. The van der Waals surface area contributed by atoms with E-state index in [4.69, 9.17) is 0 Å². The van der Waals surface area contributed by atoms with Crippen molar-refractivity contribution < 1.29 is 4.79 Å². The van der Waals surface area contributed by atoms with Crippen LogP contribution >= 0.6 is 11.3 Å². The number of hydrogen-bond acceptors (Lipinski definition) is 4. The minimum atomic E-state index is 0.0925. The van der Waals surface area contributed by atoms with Crippen molar-refractivity contribution in [3.63, 3.8) is 0 Å². The normalized spacial score (nSPS) is 14.7. The molecule has 2 aromatic rings. The Morgan fingerprint density at radius 2 is 1.91 bits per heavy atom. The number of amides is 1. The fourth-order valence-electron chi connectivity index (χ4n) is 3.38. The van der Waals surface area contributed by atoms with Crippen LogP contribution in [-0.2, 0) is 0 Å². The minimum Gasteiger partial charge on any atom is -0.357 e. The molecule has 0 spiro atoms. The molecule has 1 N–H and O–H groups in total. The van der Waals surface area contributed by atoms with Crippen molar-refractivity contribution in [2.24, 2.45) is 0 Å². The molecule has 0 saturated carbocycles. The van der Waals surface area contributed by atoms with E-state index in [1.807, 2.05) is 36.1 Å². The maximum Gasteiger partial charge on any atom is 0.265 e. The lowest BCUT2D eigenvalue weighted by molar-refractivity contribution is 0.0717. The van der Waals surface area contributed by atoms with E-state index < -0.39 is 0 Å². The Morgan fingerprint density at radius 1 is 1.22 bits per heavy atom. The van der Waals surface area contributed by atoms with Gasteiger partial charge in [0.25, 0.3) is 5.91 Å². The highest BCUT2D eigenvalue weighted by molar-refractivity contribution is 7.17. The Bertz CT molecular complexity index is 875. The van der Waals surface area contributed by atoms with Gasteiger partial charge in [-0.25, -0.2) is 4.98 Å². The number of carbonyl (C=O) groups is 1. The van der Waals surface area contributed by atoms with E-state index in [0.717, 1.165) is 36.6 Å². The van der Waals surface area contributed by atoms with Crippen LogP contribution < -0.4 is 5.32 Å². The van der Waals surface area contributed by atoms with Gasteiger partial charge in [0.15, 0.2) is 5.13 Å². The van der Waals surface area contributed by atoms with Crippen molar-refractivity contribution in [1.82, 2.24) is 9.88 Å². The van der Waals surface area contributed by atoms with Gasteiger partial charge in [-0.3, -0.25) is 4.79 Å². The third-order valence-corrected chi connectivity index (χ3v) is 6.47. The SMILES string of the molecule is C=C/C=C\C(=C/C)CNc1ncc(C(=O)N2CCC(c3ccccc3)CC2)s1.CCCC. The summed E-state index contributed by atoms with van der Waals surface area (Å²) in [4.78, 5) is 19.9. The molecule has 32 heavy (non-hydrogen) atoms. The standard InChI is InChI=1S/C23H27N3OS.C4H10/c1-3-5-9-18(4-2)16-24-23-25-17-21(28-23)22(27)26-14-12-20(13-15-26)19-10-7-6-8-11-19;1-3-4-2/h3-11,17,20H,1,12-16H2,2H3,(H,24,25);3-4H2,1-2H3/b9-5-,18-4+;. The number of anilines is 1. The molecular formula is C27H37N3OS. The number of nitrogens with zero attached hydrogens (tertiary/aromatic N) is 2. The Balaban J connectivity index is 0.000000837. The fourth-order valence-corrected chi connectivity index (χ4v) is 4.16. The van der Waals surface area contributed by atoms with Gasteiger partial charge >= 0.3 is 0 Å². The summed E-state index contributed by atoms with van der Waals surface area (Å²) >= 11 is 1.42. The molecule has 0 radical (unpaired) electrons. The topological polar surface area (TPSA) is 45.2 Å². The van der Waals surface area contributed by atoms with E-state index in [1.54, 1.807) is 12.3 Å². The average molecular weight is 452 g/mol. The van der Waals surface area contributed by atoms with Gasteiger partial charge in [0, 0.05) is 19.6 Å². The molecular weight excluding hydrogens is 414 g/mol. The lowest BCUT2D eigenvalue weighted by atomic mass is 9.89. The zero-order valence-corrected chi connectivity index (χ0v) is 20.5. The lowest BCUT2D eigenvalue weighted by Crippen LogP contribution is -2.37. The van der Waals surface area contributed by atoms with Crippen LogP contribution in [0.3, 0.4) is 0 Å². The number of benzene rings is 1. The molecule has 5 heteroatoms. The third-order valence-electron chi connectivity index (χ3n) is 5.53.